The van der Waals surface area contributed by atoms with E-state index >= 15 is 0 Å². The van der Waals surface area contributed by atoms with Crippen molar-refractivity contribution in [2.75, 3.05) is 0 Å². The fourth-order valence-electron chi connectivity index (χ4n) is 1.82. The number of benzene rings is 1. The summed E-state index contributed by atoms with van der Waals surface area (Å²) in [6.07, 6.45) is 0.986. The van der Waals surface area contributed by atoms with E-state index in [4.69, 9.17) is 9.84 Å². The zero-order valence-electron chi connectivity index (χ0n) is 11.6. The molecule has 1 rings (SSSR count). The Morgan fingerprint density at radius 1 is 1.28 bits per heavy atom. The van der Waals surface area contributed by atoms with Gasteiger partial charge in [-0.3, -0.25) is 4.79 Å². The molecule has 0 radical (unpaired) electrons. The lowest BCUT2D eigenvalue weighted by atomic mass is 9.80. The van der Waals surface area contributed by atoms with Crippen LogP contribution in [0.4, 0.5) is 0 Å². The van der Waals surface area contributed by atoms with Crippen molar-refractivity contribution in [3.63, 3.8) is 0 Å². The molecule has 0 aliphatic carbocycles. The summed E-state index contributed by atoms with van der Waals surface area (Å²) in [6, 6.07) is 7.91. The van der Waals surface area contributed by atoms with Gasteiger partial charge < -0.3 is 9.84 Å². The minimum absolute atomic E-state index is 0.130. The van der Waals surface area contributed by atoms with Crippen molar-refractivity contribution in [2.24, 2.45) is 0 Å². The largest absolute Gasteiger partial charge is 0.491 e. The Morgan fingerprint density at radius 3 is 2.28 bits per heavy atom. The lowest BCUT2D eigenvalue weighted by molar-refractivity contribution is -0.137. The van der Waals surface area contributed by atoms with E-state index in [0.717, 1.165) is 11.3 Å². The monoisotopic (exact) mass is 250 g/mol. The van der Waals surface area contributed by atoms with Crippen LogP contribution in [0.25, 0.3) is 0 Å². The molecule has 0 aromatic heterocycles. The first-order valence-electron chi connectivity index (χ1n) is 6.30. The molecule has 1 N–H and O–H groups in total. The second-order valence-electron chi connectivity index (χ2n) is 5.47. The molecule has 0 amide bonds. The van der Waals surface area contributed by atoms with Crippen molar-refractivity contribution < 1.29 is 14.6 Å². The molecular formula is C15H22O3. The fraction of sp³-hybridized carbons (Fsp3) is 0.533. The molecule has 0 bridgehead atoms. The van der Waals surface area contributed by atoms with Crippen LogP contribution in [-0.2, 0) is 10.2 Å². The average molecular weight is 250 g/mol. The molecule has 0 atom stereocenters. The third-order valence-corrected chi connectivity index (χ3v) is 2.97. The number of hydrogen-bond donors (Lipinski definition) is 1. The predicted molar refractivity (Wildman–Crippen MR) is 72.1 cm³/mol. The summed E-state index contributed by atoms with van der Waals surface area (Å²) in [6.45, 7) is 8.11. The lowest BCUT2D eigenvalue weighted by Crippen LogP contribution is -2.18. The van der Waals surface area contributed by atoms with E-state index in [1.54, 1.807) is 0 Å². The van der Waals surface area contributed by atoms with Gasteiger partial charge in [-0.1, -0.05) is 26.0 Å². The van der Waals surface area contributed by atoms with Gasteiger partial charge >= 0.3 is 5.97 Å². The zero-order valence-corrected chi connectivity index (χ0v) is 11.6. The summed E-state index contributed by atoms with van der Waals surface area (Å²) < 4.78 is 5.59. The first-order chi connectivity index (χ1) is 8.31. The van der Waals surface area contributed by atoms with Gasteiger partial charge in [0.15, 0.2) is 0 Å². The predicted octanol–water partition coefficient (Wildman–Crippen LogP) is 3.62. The fourth-order valence-corrected chi connectivity index (χ4v) is 1.82. The van der Waals surface area contributed by atoms with Crippen LogP contribution >= 0.6 is 0 Å². The smallest absolute Gasteiger partial charge is 0.303 e. The van der Waals surface area contributed by atoms with Gasteiger partial charge in [0.05, 0.1) is 6.10 Å². The van der Waals surface area contributed by atoms with Gasteiger partial charge in [0.2, 0.25) is 0 Å². The molecule has 0 heterocycles. The molecule has 100 valence electrons. The highest BCUT2D eigenvalue weighted by atomic mass is 16.5. The Bertz CT molecular complexity index is 391. The Kier molecular flexibility index (Phi) is 4.76. The number of rotatable bonds is 6. The number of carboxylic acid groups (broad SMARTS) is 1. The van der Waals surface area contributed by atoms with Crippen molar-refractivity contribution in [3.8, 4) is 5.75 Å². The zero-order chi connectivity index (χ0) is 13.8. The van der Waals surface area contributed by atoms with Gasteiger partial charge in [0.25, 0.3) is 0 Å². The number of carbonyl (C=O) groups is 1. The molecule has 0 unspecified atom stereocenters. The van der Waals surface area contributed by atoms with E-state index in [2.05, 4.69) is 13.8 Å². The highest BCUT2D eigenvalue weighted by Gasteiger charge is 2.21. The van der Waals surface area contributed by atoms with Crippen molar-refractivity contribution >= 4 is 5.97 Å². The van der Waals surface area contributed by atoms with Crippen LogP contribution in [0, 0.1) is 0 Å². The van der Waals surface area contributed by atoms with Crippen LogP contribution in [0.15, 0.2) is 24.3 Å². The second kappa shape index (κ2) is 5.89. The summed E-state index contributed by atoms with van der Waals surface area (Å²) in [5.74, 6) is 0.102. The normalized spacial score (nSPS) is 11.6. The van der Waals surface area contributed by atoms with Gasteiger partial charge in [-0.2, -0.15) is 0 Å². The quantitative estimate of drug-likeness (QED) is 0.838. The van der Waals surface area contributed by atoms with Crippen molar-refractivity contribution in [1.82, 2.24) is 0 Å². The molecular weight excluding hydrogens is 228 g/mol. The van der Waals surface area contributed by atoms with E-state index in [1.807, 2.05) is 38.1 Å². The first kappa shape index (κ1) is 14.6. The number of aliphatic carboxylic acids is 1. The Labute approximate surface area is 109 Å². The Balaban J connectivity index is 2.73. The molecule has 0 saturated heterocycles. The van der Waals surface area contributed by atoms with Gasteiger partial charge in [-0.25, -0.2) is 0 Å². The van der Waals surface area contributed by atoms with Gasteiger partial charge in [-0.15, -0.1) is 0 Å². The molecule has 1 aromatic rings. The summed E-state index contributed by atoms with van der Waals surface area (Å²) in [4.78, 5) is 10.6. The third-order valence-electron chi connectivity index (χ3n) is 2.97. The van der Waals surface area contributed by atoms with Crippen LogP contribution in [0.2, 0.25) is 0 Å². The average Bonchev–Trinajstić information content (AvgIpc) is 2.26. The minimum Gasteiger partial charge on any atom is -0.491 e. The molecule has 0 saturated carbocycles. The van der Waals surface area contributed by atoms with Crippen LogP contribution in [0.1, 0.15) is 46.1 Å². The molecule has 18 heavy (non-hydrogen) atoms. The molecule has 0 aliphatic rings. The lowest BCUT2D eigenvalue weighted by Gasteiger charge is -2.25. The summed E-state index contributed by atoms with van der Waals surface area (Å²) in [7, 11) is 0. The van der Waals surface area contributed by atoms with Crippen molar-refractivity contribution in [2.45, 2.75) is 52.1 Å². The van der Waals surface area contributed by atoms with Crippen molar-refractivity contribution in [3.05, 3.63) is 29.8 Å². The molecule has 3 heteroatoms. The van der Waals surface area contributed by atoms with E-state index in [0.29, 0.717) is 6.42 Å². The minimum atomic E-state index is -0.747. The SMILES string of the molecule is CC(C)Oc1ccc(C(C)(C)CCC(=O)O)cc1. The second-order valence-corrected chi connectivity index (χ2v) is 5.47. The molecule has 0 aliphatic heterocycles. The van der Waals surface area contributed by atoms with Gasteiger partial charge in [-0.05, 0) is 43.4 Å². The van der Waals surface area contributed by atoms with Crippen LogP contribution in [0.3, 0.4) is 0 Å². The van der Waals surface area contributed by atoms with E-state index in [9.17, 15) is 4.79 Å². The van der Waals surface area contributed by atoms with Crippen LogP contribution < -0.4 is 4.74 Å². The highest BCUT2D eigenvalue weighted by Crippen LogP contribution is 2.29. The summed E-state index contributed by atoms with van der Waals surface area (Å²) in [5, 5.41) is 8.75. The summed E-state index contributed by atoms with van der Waals surface area (Å²) >= 11 is 0. The Morgan fingerprint density at radius 2 is 1.83 bits per heavy atom. The molecule has 3 nitrogen and oxygen atoms in total. The Hall–Kier alpha value is -1.51. The highest BCUT2D eigenvalue weighted by molar-refractivity contribution is 5.66. The molecule has 1 aromatic carbocycles. The number of hydrogen-bond acceptors (Lipinski definition) is 2. The molecule has 0 spiro atoms. The van der Waals surface area contributed by atoms with Gasteiger partial charge in [0.1, 0.15) is 5.75 Å². The van der Waals surface area contributed by atoms with Crippen LogP contribution in [0.5, 0.6) is 5.75 Å². The van der Waals surface area contributed by atoms with E-state index in [1.165, 1.54) is 0 Å². The van der Waals surface area contributed by atoms with E-state index < -0.39 is 5.97 Å². The van der Waals surface area contributed by atoms with Crippen molar-refractivity contribution in [1.29, 1.82) is 0 Å². The number of carboxylic acids is 1. The van der Waals surface area contributed by atoms with E-state index in [-0.39, 0.29) is 17.9 Å². The standard InChI is InChI=1S/C15H22O3/c1-11(2)18-13-7-5-12(6-8-13)15(3,4)10-9-14(16)17/h5-8,11H,9-10H2,1-4H3,(H,16,17). The topological polar surface area (TPSA) is 46.5 Å². The maximum atomic E-state index is 10.6. The maximum absolute atomic E-state index is 10.6. The van der Waals surface area contributed by atoms with Gasteiger partial charge in [0, 0.05) is 6.42 Å². The maximum Gasteiger partial charge on any atom is 0.303 e. The third kappa shape index (κ3) is 4.40. The number of ether oxygens (including phenoxy) is 1. The molecule has 0 fully saturated rings. The summed E-state index contributed by atoms with van der Waals surface area (Å²) in [5.41, 5.74) is 1.01. The van der Waals surface area contributed by atoms with Crippen LogP contribution in [-0.4, -0.2) is 17.2 Å². The first-order valence-corrected chi connectivity index (χ1v) is 6.30.